The molecule has 89 heavy (non-hydrogen) atoms. The van der Waals surface area contributed by atoms with Gasteiger partial charge < -0.3 is 27.9 Å². The minimum absolute atomic E-state index is 0.0389. The summed E-state index contributed by atoms with van der Waals surface area (Å²) in [5, 5.41) is 0. The summed E-state index contributed by atoms with van der Waals surface area (Å²) >= 11 is 0. The summed E-state index contributed by atoms with van der Waals surface area (Å²) < 4.78 is 34.3. The van der Waals surface area contributed by atoms with E-state index in [1.54, 1.807) is 0 Å². The van der Waals surface area contributed by atoms with E-state index in [-0.39, 0.29) is 32.0 Å². The maximum Gasteiger partial charge on any atom is 0.306 e. The number of phosphoric acid groups is 1. The Kier molecular flexibility index (Phi) is 66.4. The summed E-state index contributed by atoms with van der Waals surface area (Å²) in [6.07, 6.45) is 97.6. The van der Waals surface area contributed by atoms with Crippen LogP contribution in [0.2, 0.25) is 0 Å². The summed E-state index contributed by atoms with van der Waals surface area (Å²) in [5.41, 5.74) is 0. The van der Waals surface area contributed by atoms with Gasteiger partial charge >= 0.3 is 11.9 Å². The Morgan fingerprint density at radius 3 is 0.955 bits per heavy atom. The van der Waals surface area contributed by atoms with Crippen LogP contribution in [0, 0.1) is 0 Å². The van der Waals surface area contributed by atoms with Gasteiger partial charge in [0.05, 0.1) is 27.7 Å². The van der Waals surface area contributed by atoms with Crippen molar-refractivity contribution in [2.45, 2.75) is 335 Å². The van der Waals surface area contributed by atoms with Gasteiger partial charge in [0.1, 0.15) is 19.8 Å². The topological polar surface area (TPSA) is 111 Å². The normalized spacial score (nSPS) is 13.7. The van der Waals surface area contributed by atoms with E-state index in [0.29, 0.717) is 17.4 Å². The number of likely N-dealkylation sites (N-methyl/N-ethyl adjacent to an activating group) is 1. The molecule has 0 saturated carbocycles. The first kappa shape index (κ1) is 85.7. The lowest BCUT2D eigenvalue weighted by atomic mass is 10.0. The molecule has 10 heteroatoms. The molecule has 0 aliphatic heterocycles. The van der Waals surface area contributed by atoms with Gasteiger partial charge in [0.2, 0.25) is 0 Å². The van der Waals surface area contributed by atoms with Crippen LogP contribution in [0.15, 0.2) is 109 Å². The molecule has 0 spiro atoms. The number of carbonyl (C=O) groups excluding carboxylic acids is 2. The van der Waals surface area contributed by atoms with E-state index >= 15 is 0 Å². The Bertz CT molecular complexity index is 1870. The van der Waals surface area contributed by atoms with Crippen LogP contribution >= 0.6 is 7.82 Å². The van der Waals surface area contributed by atoms with E-state index in [9.17, 15) is 19.0 Å². The monoisotopic (exact) mass is 1260 g/mol. The molecule has 0 rings (SSSR count). The van der Waals surface area contributed by atoms with Crippen LogP contribution in [0.25, 0.3) is 0 Å². The lowest BCUT2D eigenvalue weighted by Crippen LogP contribution is -2.37. The zero-order valence-electron chi connectivity index (χ0n) is 58.6. The van der Waals surface area contributed by atoms with Crippen molar-refractivity contribution >= 4 is 19.8 Å². The van der Waals surface area contributed by atoms with Crippen LogP contribution in [0.3, 0.4) is 0 Å². The van der Waals surface area contributed by atoms with Crippen LogP contribution in [0.4, 0.5) is 0 Å². The van der Waals surface area contributed by atoms with Gasteiger partial charge in [-0.15, -0.1) is 0 Å². The highest BCUT2D eigenvalue weighted by molar-refractivity contribution is 7.45. The number of allylic oxidation sites excluding steroid dienone is 18. The first-order valence-electron chi connectivity index (χ1n) is 37.1. The molecule has 2 unspecified atom stereocenters. The highest BCUT2D eigenvalue weighted by atomic mass is 31.2. The summed E-state index contributed by atoms with van der Waals surface area (Å²) in [6.45, 7) is 4.14. The summed E-state index contributed by atoms with van der Waals surface area (Å²) in [4.78, 5) is 38.1. The van der Waals surface area contributed by atoms with Gasteiger partial charge in [0, 0.05) is 12.8 Å². The number of hydrogen-bond donors (Lipinski definition) is 0. The zero-order valence-corrected chi connectivity index (χ0v) is 59.5. The average Bonchev–Trinajstić information content (AvgIpc) is 3.60. The molecule has 0 bridgehead atoms. The zero-order chi connectivity index (χ0) is 64.8. The predicted molar refractivity (Wildman–Crippen MR) is 383 cm³/mol. The number of phosphoric ester groups is 1. The Labute approximate surface area is 550 Å². The molecule has 0 heterocycles. The Morgan fingerprint density at radius 1 is 0.360 bits per heavy atom. The second kappa shape index (κ2) is 69.0. The Balaban J connectivity index is 4.08. The fourth-order valence-electron chi connectivity index (χ4n) is 10.4. The third-order valence-corrected chi connectivity index (χ3v) is 17.0. The van der Waals surface area contributed by atoms with E-state index in [0.717, 1.165) is 109 Å². The van der Waals surface area contributed by atoms with Crippen LogP contribution in [0.5, 0.6) is 0 Å². The number of unbranched alkanes of at least 4 members (excludes halogenated alkanes) is 36. The maximum absolute atomic E-state index is 12.9. The molecule has 0 aromatic heterocycles. The van der Waals surface area contributed by atoms with Gasteiger partial charge in [-0.2, -0.15) is 0 Å². The van der Waals surface area contributed by atoms with E-state index in [1.807, 2.05) is 21.1 Å². The van der Waals surface area contributed by atoms with Crippen LogP contribution < -0.4 is 4.89 Å². The van der Waals surface area contributed by atoms with E-state index < -0.39 is 26.5 Å². The van der Waals surface area contributed by atoms with Crippen molar-refractivity contribution in [3.8, 4) is 0 Å². The number of rotatable bonds is 68. The van der Waals surface area contributed by atoms with Crippen molar-refractivity contribution in [3.05, 3.63) is 109 Å². The van der Waals surface area contributed by atoms with Crippen molar-refractivity contribution in [2.24, 2.45) is 0 Å². The SMILES string of the molecule is CC/C=C\C/C=C\C/C=C\C/C=C\C/C=C\C/C=C\C/C=C\C/C=C\C/C=C\CCCCCCCC(=O)OC(COC(=O)CCCCCCCCCCCCCCCCCCCCCCCCCCCCCCCCCC)COP(=O)([O-])OCC[N+](C)(C)C. The quantitative estimate of drug-likeness (QED) is 0.0195. The summed E-state index contributed by atoms with van der Waals surface area (Å²) in [5.74, 6) is -0.849. The van der Waals surface area contributed by atoms with Gasteiger partial charge in [-0.3, -0.25) is 14.2 Å². The summed E-state index contributed by atoms with van der Waals surface area (Å²) in [7, 11) is 1.15. The predicted octanol–water partition coefficient (Wildman–Crippen LogP) is 23.8. The van der Waals surface area contributed by atoms with Crippen molar-refractivity contribution < 1.29 is 42.1 Å². The molecule has 0 radical (unpaired) electrons. The number of hydrogen-bond acceptors (Lipinski definition) is 8. The number of ether oxygens (including phenoxy) is 2. The van der Waals surface area contributed by atoms with Crippen molar-refractivity contribution in [3.63, 3.8) is 0 Å². The van der Waals surface area contributed by atoms with Gasteiger partial charge in [0.15, 0.2) is 6.10 Å². The molecule has 0 fully saturated rings. The van der Waals surface area contributed by atoms with Crippen LogP contribution in [0.1, 0.15) is 328 Å². The van der Waals surface area contributed by atoms with Gasteiger partial charge in [0.25, 0.3) is 7.82 Å². The highest BCUT2D eigenvalue weighted by Crippen LogP contribution is 2.38. The minimum Gasteiger partial charge on any atom is -0.756 e. The molecule has 0 N–H and O–H groups in total. The lowest BCUT2D eigenvalue weighted by Gasteiger charge is -2.28. The third-order valence-electron chi connectivity index (χ3n) is 16.1. The molecule has 2 atom stereocenters. The molecule has 0 aromatic rings. The van der Waals surface area contributed by atoms with Crippen LogP contribution in [-0.2, 0) is 32.7 Å². The molecule has 0 aromatic carbocycles. The van der Waals surface area contributed by atoms with E-state index in [1.165, 1.54) is 186 Å². The molecular weight excluding hydrogens is 1120 g/mol. The largest absolute Gasteiger partial charge is 0.756 e. The number of quaternary nitrogens is 1. The highest BCUT2D eigenvalue weighted by Gasteiger charge is 2.22. The van der Waals surface area contributed by atoms with Gasteiger partial charge in [-0.1, -0.05) is 342 Å². The fraction of sp³-hybridized carbons (Fsp3) is 0.747. The van der Waals surface area contributed by atoms with Gasteiger partial charge in [-0.05, 0) is 83.5 Å². The Hall–Kier alpha value is -3.33. The van der Waals surface area contributed by atoms with Crippen molar-refractivity contribution in [2.75, 3.05) is 47.5 Å². The first-order chi connectivity index (χ1) is 43.5. The molecule has 0 amide bonds. The van der Waals surface area contributed by atoms with E-state index in [4.69, 9.17) is 18.5 Å². The molecule has 9 nitrogen and oxygen atoms in total. The third kappa shape index (κ3) is 73.6. The van der Waals surface area contributed by atoms with Gasteiger partial charge in [-0.25, -0.2) is 0 Å². The maximum atomic E-state index is 12.9. The number of esters is 2. The number of carbonyl (C=O) groups is 2. The molecule has 514 valence electrons. The number of nitrogens with zero attached hydrogens (tertiary/aromatic N) is 1. The summed E-state index contributed by atoms with van der Waals surface area (Å²) in [6, 6.07) is 0. The van der Waals surface area contributed by atoms with Crippen molar-refractivity contribution in [1.82, 2.24) is 0 Å². The first-order valence-corrected chi connectivity index (χ1v) is 38.6. The standard InChI is InChI=1S/C79H140NO8P/c1-6-8-10-12-14-16-18-20-22-24-26-28-30-32-34-36-38-40-42-44-46-48-50-52-54-56-58-60-62-64-66-68-70-72-79(82)88-77(76-87-89(83,84)86-74-73-80(3,4)5)75-85-78(81)71-69-67-65-63-61-59-57-55-53-51-49-47-45-43-41-39-37-35-33-31-29-27-25-23-21-19-17-15-13-11-9-7-2/h8,10,14,16,20,22,26,28,32,34,38,40,44,46,50,52,56,58,77H,6-7,9,11-13,15,17-19,21,23-25,27,29-31,33,35-37,39,41-43,45,47-49,51,53-55,57,59-76H2,1-5H3/b10-8-,16-14-,22-20-,28-26-,34-32-,40-38-,46-44-,52-50-,58-56-. The molecule has 0 aliphatic carbocycles. The average molecular weight is 1260 g/mol. The van der Waals surface area contributed by atoms with Crippen molar-refractivity contribution in [1.29, 1.82) is 0 Å². The molecule has 0 saturated heterocycles. The fourth-order valence-corrected chi connectivity index (χ4v) is 11.1. The second-order valence-electron chi connectivity index (χ2n) is 25.9. The smallest absolute Gasteiger partial charge is 0.306 e. The molecular formula is C79H140NO8P. The van der Waals surface area contributed by atoms with Crippen LogP contribution in [-0.4, -0.2) is 70.0 Å². The van der Waals surface area contributed by atoms with E-state index in [2.05, 4.69) is 123 Å². The second-order valence-corrected chi connectivity index (χ2v) is 27.3. The minimum atomic E-state index is -4.66. The Morgan fingerprint density at radius 2 is 0.640 bits per heavy atom. The lowest BCUT2D eigenvalue weighted by molar-refractivity contribution is -0.870. The molecule has 0 aliphatic rings.